The summed E-state index contributed by atoms with van der Waals surface area (Å²) in [5, 5.41) is 6.91. The van der Waals surface area contributed by atoms with Gasteiger partial charge in [-0.1, -0.05) is 84.6 Å². The summed E-state index contributed by atoms with van der Waals surface area (Å²) in [6.07, 6.45) is -0.221. The lowest BCUT2D eigenvalue weighted by atomic mass is 10.0. The van der Waals surface area contributed by atoms with Crippen molar-refractivity contribution in [3.63, 3.8) is 0 Å². The van der Waals surface area contributed by atoms with Crippen LogP contribution < -0.4 is 10.1 Å². The van der Waals surface area contributed by atoms with Crippen LogP contribution in [0.5, 0.6) is 5.75 Å². The summed E-state index contributed by atoms with van der Waals surface area (Å²) in [5.41, 5.74) is 2.16. The minimum Gasteiger partial charge on any atom is -0.497 e. The Morgan fingerprint density at radius 1 is 1.00 bits per heavy atom. The number of esters is 1. The van der Waals surface area contributed by atoms with Gasteiger partial charge < -0.3 is 24.4 Å². The Balaban J connectivity index is 1.24. The molecule has 3 aliphatic heterocycles. The molecule has 3 aliphatic rings. The number of carbonyl (C=O) groups is 5. The summed E-state index contributed by atoms with van der Waals surface area (Å²) in [6, 6.07) is 23.8. The molecule has 0 aliphatic carbocycles. The lowest BCUT2D eigenvalue weighted by Crippen LogP contribution is -2.67. The number of aldehydes is 1. The Kier molecular flexibility index (Phi) is 9.11. The molecular weight excluding hydrogens is 626 g/mol. The predicted octanol–water partition coefficient (Wildman–Crippen LogP) is 3.16. The first-order chi connectivity index (χ1) is 22.8. The molecule has 0 spiro atoms. The summed E-state index contributed by atoms with van der Waals surface area (Å²) in [6.45, 7) is -0.0204. The zero-order valence-electron chi connectivity index (χ0n) is 25.3. The van der Waals surface area contributed by atoms with Gasteiger partial charge in [0.05, 0.1) is 26.4 Å². The molecule has 0 radical (unpaired) electrons. The molecular formula is C33H31N5O8S. The monoisotopic (exact) mass is 657 g/mol. The second-order valence-electron chi connectivity index (χ2n) is 10.9. The van der Waals surface area contributed by atoms with Crippen LogP contribution >= 0.6 is 11.8 Å². The zero-order valence-corrected chi connectivity index (χ0v) is 26.1. The van der Waals surface area contributed by atoms with Gasteiger partial charge >= 0.3 is 18.1 Å². The minimum absolute atomic E-state index is 0.0334. The first kappa shape index (κ1) is 31.6. The Hall–Kier alpha value is -5.37. The van der Waals surface area contributed by atoms with Crippen molar-refractivity contribution in [2.75, 3.05) is 26.7 Å². The van der Waals surface area contributed by atoms with E-state index in [0.717, 1.165) is 28.5 Å². The van der Waals surface area contributed by atoms with Crippen molar-refractivity contribution >= 4 is 48.3 Å². The van der Waals surface area contributed by atoms with Crippen LogP contribution in [0.1, 0.15) is 22.8 Å². The van der Waals surface area contributed by atoms with E-state index in [-0.39, 0.29) is 26.2 Å². The third kappa shape index (κ3) is 6.23. The number of rotatable bonds is 11. The maximum absolute atomic E-state index is 14.4. The number of hydrogen-bond donors (Lipinski definition) is 1. The van der Waals surface area contributed by atoms with Crippen molar-refractivity contribution < 1.29 is 38.2 Å². The molecule has 3 aromatic carbocycles. The Bertz CT molecular complexity index is 1640. The molecule has 3 atom stereocenters. The van der Waals surface area contributed by atoms with E-state index >= 15 is 0 Å². The van der Waals surface area contributed by atoms with Gasteiger partial charge in [0.1, 0.15) is 23.8 Å². The number of methoxy groups -OCH3 is 1. The molecule has 3 heterocycles. The number of benzene rings is 3. The molecule has 4 amide bonds. The predicted molar refractivity (Wildman–Crippen MR) is 170 cm³/mol. The van der Waals surface area contributed by atoms with E-state index < -0.39 is 46.4 Å². The number of alkyl carbamates (subject to hydrolysis) is 1. The number of amides is 4. The fourth-order valence-electron chi connectivity index (χ4n) is 5.69. The summed E-state index contributed by atoms with van der Waals surface area (Å²) in [4.78, 5) is 66.0. The number of hydrogen-bond acceptors (Lipinski definition) is 10. The third-order valence-corrected chi connectivity index (χ3v) is 9.76. The third-order valence-electron chi connectivity index (χ3n) is 8.08. The van der Waals surface area contributed by atoms with Crippen molar-refractivity contribution in [1.82, 2.24) is 20.1 Å². The standard InChI is InChI=1S/C33H31N5O8S/c1-44-25-14-12-22(13-15-25)20-45-31(42)35-26-28(40)36-21-33(47-29(26)36,37-17-18-38(32(37)43)34-16-19-39)30(41)46-27(23-8-4-2-5-9-23)24-10-6-3-7-11-24/h2-16,19,26-27,29H,17-18,20-21H2,1H3,(H,35,42)/t26-,29-,33-/m1/s1. The molecule has 0 saturated carbocycles. The molecule has 1 N–H and O–H groups in total. The van der Waals surface area contributed by atoms with Gasteiger partial charge in [0.15, 0.2) is 12.4 Å². The number of nitrogens with one attached hydrogen (secondary N) is 1. The fraction of sp³-hybridized carbons (Fsp3) is 0.273. The molecule has 3 saturated heterocycles. The van der Waals surface area contributed by atoms with Crippen LogP contribution in [0.25, 0.3) is 0 Å². The molecule has 3 aromatic rings. The smallest absolute Gasteiger partial charge is 0.408 e. The highest BCUT2D eigenvalue weighted by Crippen LogP contribution is 2.51. The number of urea groups is 1. The van der Waals surface area contributed by atoms with Gasteiger partial charge in [-0.2, -0.15) is 5.10 Å². The van der Waals surface area contributed by atoms with Gasteiger partial charge in [-0.15, -0.1) is 0 Å². The largest absolute Gasteiger partial charge is 0.497 e. The molecule has 242 valence electrons. The highest BCUT2D eigenvalue weighted by Gasteiger charge is 2.67. The Labute approximate surface area is 274 Å². The number of nitrogens with zero attached hydrogens (tertiary/aromatic N) is 4. The fourth-order valence-corrected chi connectivity index (χ4v) is 7.37. The van der Waals surface area contributed by atoms with E-state index in [2.05, 4.69) is 10.4 Å². The SMILES string of the molecule is COc1ccc(COC(=O)N[C@@H]2C(=O)N3C[C@@](C(=O)OC(c4ccccc4)c4ccccc4)(N4CCN(N=CC=O)C4=O)S[C@H]23)cc1. The molecule has 0 bridgehead atoms. The van der Waals surface area contributed by atoms with Gasteiger partial charge in [-0.25, -0.2) is 19.4 Å². The van der Waals surface area contributed by atoms with Crippen LogP contribution in [-0.2, 0) is 30.5 Å². The summed E-state index contributed by atoms with van der Waals surface area (Å²) in [7, 11) is 1.55. The maximum atomic E-state index is 14.4. The van der Waals surface area contributed by atoms with Crippen LogP contribution in [0.3, 0.4) is 0 Å². The molecule has 13 nitrogen and oxygen atoms in total. The minimum atomic E-state index is -1.67. The average Bonchev–Trinajstić information content (AvgIpc) is 3.67. The highest BCUT2D eigenvalue weighted by atomic mass is 32.2. The molecule has 47 heavy (non-hydrogen) atoms. The first-order valence-corrected chi connectivity index (χ1v) is 15.6. The molecule has 0 aromatic heterocycles. The van der Waals surface area contributed by atoms with Crippen molar-refractivity contribution in [3.8, 4) is 5.75 Å². The number of ether oxygens (including phenoxy) is 3. The summed E-state index contributed by atoms with van der Waals surface area (Å²) >= 11 is 1.05. The van der Waals surface area contributed by atoms with Crippen LogP contribution in [0.15, 0.2) is 90.0 Å². The molecule has 0 unspecified atom stereocenters. The quantitative estimate of drug-likeness (QED) is 0.142. The van der Waals surface area contributed by atoms with Crippen molar-refractivity contribution in [2.24, 2.45) is 5.10 Å². The number of thioether (sulfide) groups is 1. The van der Waals surface area contributed by atoms with E-state index in [1.165, 1.54) is 9.80 Å². The van der Waals surface area contributed by atoms with Gasteiger partial charge in [0.25, 0.3) is 0 Å². The van der Waals surface area contributed by atoms with Gasteiger partial charge in [0.2, 0.25) is 10.8 Å². The molecule has 3 fully saturated rings. The van der Waals surface area contributed by atoms with Gasteiger partial charge in [0, 0.05) is 6.54 Å². The Morgan fingerprint density at radius 3 is 2.28 bits per heavy atom. The lowest BCUT2D eigenvalue weighted by molar-refractivity contribution is -0.157. The highest BCUT2D eigenvalue weighted by molar-refractivity contribution is 8.02. The molecule has 6 rings (SSSR count). The van der Waals surface area contributed by atoms with Gasteiger partial charge in [-0.3, -0.25) is 14.5 Å². The maximum Gasteiger partial charge on any atom is 0.408 e. The average molecular weight is 658 g/mol. The van der Waals surface area contributed by atoms with Crippen molar-refractivity contribution in [2.45, 2.75) is 29.0 Å². The zero-order chi connectivity index (χ0) is 33.0. The normalized spacial score (nSPS) is 21.9. The first-order valence-electron chi connectivity index (χ1n) is 14.8. The van der Waals surface area contributed by atoms with Crippen LogP contribution in [-0.4, -0.2) is 94.3 Å². The van der Waals surface area contributed by atoms with E-state index in [0.29, 0.717) is 23.2 Å². The number of fused-ring (bicyclic) bond motifs is 1. The number of hydrazone groups is 1. The van der Waals surface area contributed by atoms with E-state index in [1.54, 1.807) is 31.4 Å². The lowest BCUT2D eigenvalue weighted by Gasteiger charge is -2.40. The van der Waals surface area contributed by atoms with Crippen molar-refractivity contribution in [3.05, 3.63) is 102 Å². The topological polar surface area (TPSA) is 147 Å². The van der Waals surface area contributed by atoms with E-state index in [1.807, 2.05) is 60.7 Å². The van der Waals surface area contributed by atoms with Crippen LogP contribution in [0.2, 0.25) is 0 Å². The number of carbonyl (C=O) groups excluding carboxylic acids is 5. The second-order valence-corrected chi connectivity index (χ2v) is 12.3. The molecule has 14 heteroatoms. The summed E-state index contributed by atoms with van der Waals surface area (Å²) in [5.74, 6) is -0.505. The van der Waals surface area contributed by atoms with Crippen molar-refractivity contribution in [1.29, 1.82) is 0 Å². The number of β-lactam (4-membered cyclic amide) rings is 1. The summed E-state index contributed by atoms with van der Waals surface area (Å²) < 4.78 is 16.7. The van der Waals surface area contributed by atoms with E-state index in [4.69, 9.17) is 14.2 Å². The van der Waals surface area contributed by atoms with Crippen LogP contribution in [0, 0.1) is 0 Å². The Morgan fingerprint density at radius 2 is 1.66 bits per heavy atom. The second kappa shape index (κ2) is 13.5. The van der Waals surface area contributed by atoms with Gasteiger partial charge in [-0.05, 0) is 28.8 Å². The van der Waals surface area contributed by atoms with Crippen LogP contribution in [0.4, 0.5) is 9.59 Å². The van der Waals surface area contributed by atoms with E-state index in [9.17, 15) is 24.0 Å².